The number of carbonyl (C=O) groups is 1. The van der Waals surface area contributed by atoms with Crippen LogP contribution in [0.2, 0.25) is 0 Å². The van der Waals surface area contributed by atoms with Crippen LogP contribution in [0.15, 0.2) is 36.5 Å². The first kappa shape index (κ1) is 17.4. The number of fused-ring (bicyclic) bond motifs is 1. The van der Waals surface area contributed by atoms with Crippen molar-refractivity contribution < 1.29 is 9.90 Å². The smallest absolute Gasteiger partial charge is 0.308 e. The quantitative estimate of drug-likeness (QED) is 0.916. The van der Waals surface area contributed by atoms with Gasteiger partial charge in [-0.3, -0.25) is 19.6 Å². The van der Waals surface area contributed by atoms with Crippen LogP contribution in [0.1, 0.15) is 31.2 Å². The molecule has 138 valence electrons. The van der Waals surface area contributed by atoms with Gasteiger partial charge < -0.3 is 5.11 Å². The topological polar surface area (TPSA) is 56.7 Å². The normalized spacial score (nSPS) is 25.4. The Bertz CT molecular complexity index is 771. The van der Waals surface area contributed by atoms with E-state index >= 15 is 0 Å². The number of rotatable bonds is 4. The van der Waals surface area contributed by atoms with Gasteiger partial charge in [-0.05, 0) is 30.5 Å². The first-order valence-corrected chi connectivity index (χ1v) is 9.73. The minimum absolute atomic E-state index is 0.181. The third kappa shape index (κ3) is 3.74. The molecule has 26 heavy (non-hydrogen) atoms. The molecule has 0 unspecified atom stereocenters. The van der Waals surface area contributed by atoms with Crippen LogP contribution in [0.5, 0.6) is 0 Å². The SMILES string of the molecule is O=C(O)[C@H]1CCCC[C@@H]1N1CCN(Cc2cnc3ccccc3c2)CC1. The van der Waals surface area contributed by atoms with E-state index in [2.05, 4.69) is 33.0 Å². The zero-order valence-electron chi connectivity index (χ0n) is 15.2. The fourth-order valence-corrected chi connectivity index (χ4v) is 4.55. The Morgan fingerprint density at radius 2 is 1.88 bits per heavy atom. The monoisotopic (exact) mass is 353 g/mol. The molecule has 0 bridgehead atoms. The molecule has 1 aromatic heterocycles. The van der Waals surface area contributed by atoms with Gasteiger partial charge in [0.2, 0.25) is 0 Å². The third-order valence-corrected chi connectivity index (χ3v) is 5.98. The number of carboxylic acids is 1. The molecule has 2 fully saturated rings. The molecule has 1 aliphatic heterocycles. The Morgan fingerprint density at radius 1 is 1.12 bits per heavy atom. The molecule has 0 amide bonds. The maximum Gasteiger partial charge on any atom is 0.308 e. The molecular formula is C21H27N3O2. The molecule has 1 N–H and O–H groups in total. The standard InChI is InChI=1S/C21H27N3O2/c25-21(26)18-6-2-4-8-20(18)24-11-9-23(10-12-24)15-16-13-17-5-1-3-7-19(17)22-14-16/h1,3,5,7,13-14,18,20H,2,4,6,8-12,15H2,(H,25,26)/t18-,20-/m0/s1. The fraction of sp³-hybridized carbons (Fsp3) is 0.524. The van der Waals surface area contributed by atoms with E-state index in [4.69, 9.17) is 0 Å². The number of carboxylic acid groups (broad SMARTS) is 1. The van der Waals surface area contributed by atoms with Gasteiger partial charge in [0.1, 0.15) is 0 Å². The molecule has 4 rings (SSSR count). The molecule has 1 aliphatic carbocycles. The molecule has 1 saturated carbocycles. The van der Waals surface area contributed by atoms with Crippen LogP contribution in [-0.4, -0.2) is 58.1 Å². The average Bonchev–Trinajstić information content (AvgIpc) is 2.68. The Labute approximate surface area is 154 Å². The Hall–Kier alpha value is -1.98. The van der Waals surface area contributed by atoms with Crippen molar-refractivity contribution in [3.05, 3.63) is 42.1 Å². The molecule has 0 radical (unpaired) electrons. The molecule has 5 heteroatoms. The van der Waals surface area contributed by atoms with Gasteiger partial charge in [-0.1, -0.05) is 31.0 Å². The number of pyridine rings is 1. The first-order valence-electron chi connectivity index (χ1n) is 9.73. The summed E-state index contributed by atoms with van der Waals surface area (Å²) < 4.78 is 0. The number of para-hydroxylation sites is 1. The Morgan fingerprint density at radius 3 is 2.69 bits per heavy atom. The maximum absolute atomic E-state index is 11.6. The molecule has 2 aliphatic rings. The van der Waals surface area contributed by atoms with E-state index in [-0.39, 0.29) is 12.0 Å². The highest BCUT2D eigenvalue weighted by molar-refractivity contribution is 5.78. The number of nitrogens with zero attached hydrogens (tertiary/aromatic N) is 3. The Balaban J connectivity index is 1.36. The minimum Gasteiger partial charge on any atom is -0.481 e. The van der Waals surface area contributed by atoms with Crippen molar-refractivity contribution in [1.29, 1.82) is 0 Å². The summed E-state index contributed by atoms with van der Waals surface area (Å²) in [5.41, 5.74) is 2.29. The summed E-state index contributed by atoms with van der Waals surface area (Å²) in [5, 5.41) is 10.7. The highest BCUT2D eigenvalue weighted by Gasteiger charge is 2.35. The second-order valence-electron chi connectivity index (χ2n) is 7.64. The summed E-state index contributed by atoms with van der Waals surface area (Å²) in [6.45, 7) is 4.84. The molecule has 1 aromatic carbocycles. The van der Waals surface area contributed by atoms with E-state index in [1.165, 1.54) is 10.9 Å². The summed E-state index contributed by atoms with van der Waals surface area (Å²) in [7, 11) is 0. The van der Waals surface area contributed by atoms with Gasteiger partial charge in [0.25, 0.3) is 0 Å². The summed E-state index contributed by atoms with van der Waals surface area (Å²) in [6.07, 6.45) is 6.07. The van der Waals surface area contributed by atoms with Crippen molar-refractivity contribution in [2.24, 2.45) is 5.92 Å². The van der Waals surface area contributed by atoms with Crippen LogP contribution < -0.4 is 0 Å². The molecule has 0 spiro atoms. The van der Waals surface area contributed by atoms with Gasteiger partial charge >= 0.3 is 5.97 Å². The number of aromatic nitrogens is 1. The lowest BCUT2D eigenvalue weighted by Gasteiger charge is -2.43. The van der Waals surface area contributed by atoms with Gasteiger partial charge in [0, 0.05) is 50.3 Å². The summed E-state index contributed by atoms with van der Waals surface area (Å²) >= 11 is 0. The number of benzene rings is 1. The van der Waals surface area contributed by atoms with Crippen LogP contribution in [0.4, 0.5) is 0 Å². The van der Waals surface area contributed by atoms with E-state index in [0.29, 0.717) is 0 Å². The molecule has 1 saturated heterocycles. The van der Waals surface area contributed by atoms with Gasteiger partial charge in [-0.25, -0.2) is 0 Å². The Kier molecular flexibility index (Phi) is 5.18. The van der Waals surface area contributed by atoms with Crippen LogP contribution >= 0.6 is 0 Å². The molecular weight excluding hydrogens is 326 g/mol. The lowest BCUT2D eigenvalue weighted by molar-refractivity contribution is -0.146. The van der Waals surface area contributed by atoms with E-state index in [0.717, 1.165) is 63.9 Å². The zero-order valence-corrected chi connectivity index (χ0v) is 15.2. The second-order valence-corrected chi connectivity index (χ2v) is 7.64. The lowest BCUT2D eigenvalue weighted by atomic mass is 9.83. The van der Waals surface area contributed by atoms with Crippen molar-refractivity contribution in [3.8, 4) is 0 Å². The summed E-state index contributed by atoms with van der Waals surface area (Å²) in [4.78, 5) is 21.0. The predicted molar refractivity (Wildman–Crippen MR) is 102 cm³/mol. The highest BCUT2D eigenvalue weighted by Crippen LogP contribution is 2.29. The summed E-state index contributed by atoms with van der Waals surface area (Å²) in [6, 6.07) is 10.7. The maximum atomic E-state index is 11.6. The number of aliphatic carboxylic acids is 1. The third-order valence-electron chi connectivity index (χ3n) is 5.98. The molecule has 2 heterocycles. The van der Waals surface area contributed by atoms with Gasteiger partial charge in [0.15, 0.2) is 0 Å². The molecule has 5 nitrogen and oxygen atoms in total. The van der Waals surface area contributed by atoms with Crippen LogP contribution in [0.25, 0.3) is 10.9 Å². The van der Waals surface area contributed by atoms with Crippen molar-refractivity contribution in [2.45, 2.75) is 38.3 Å². The first-order chi connectivity index (χ1) is 12.7. The largest absolute Gasteiger partial charge is 0.481 e. The van der Waals surface area contributed by atoms with E-state index in [1.54, 1.807) is 0 Å². The second kappa shape index (κ2) is 7.72. The highest BCUT2D eigenvalue weighted by atomic mass is 16.4. The molecule has 2 aromatic rings. The number of piperazine rings is 1. The van der Waals surface area contributed by atoms with Crippen molar-refractivity contribution in [3.63, 3.8) is 0 Å². The minimum atomic E-state index is -0.612. The van der Waals surface area contributed by atoms with Gasteiger partial charge in [0.05, 0.1) is 11.4 Å². The van der Waals surface area contributed by atoms with E-state index < -0.39 is 5.97 Å². The zero-order chi connectivity index (χ0) is 17.9. The van der Waals surface area contributed by atoms with E-state index in [1.807, 2.05) is 18.3 Å². The van der Waals surface area contributed by atoms with Gasteiger partial charge in [-0.15, -0.1) is 0 Å². The van der Waals surface area contributed by atoms with E-state index in [9.17, 15) is 9.90 Å². The summed E-state index contributed by atoms with van der Waals surface area (Å²) in [5.74, 6) is -0.792. The average molecular weight is 353 g/mol. The van der Waals surface area contributed by atoms with Crippen LogP contribution in [0.3, 0.4) is 0 Å². The van der Waals surface area contributed by atoms with Gasteiger partial charge in [-0.2, -0.15) is 0 Å². The number of hydrogen-bond acceptors (Lipinski definition) is 4. The number of hydrogen-bond donors (Lipinski definition) is 1. The van der Waals surface area contributed by atoms with Crippen molar-refractivity contribution >= 4 is 16.9 Å². The van der Waals surface area contributed by atoms with Crippen molar-refractivity contribution in [1.82, 2.24) is 14.8 Å². The van der Waals surface area contributed by atoms with Crippen molar-refractivity contribution in [2.75, 3.05) is 26.2 Å². The lowest BCUT2D eigenvalue weighted by Crippen LogP contribution is -2.53. The van der Waals surface area contributed by atoms with Crippen LogP contribution in [-0.2, 0) is 11.3 Å². The van der Waals surface area contributed by atoms with Crippen LogP contribution in [0, 0.1) is 5.92 Å². The molecule has 2 atom stereocenters. The predicted octanol–water partition coefficient (Wildman–Crippen LogP) is 3.00. The fourth-order valence-electron chi connectivity index (χ4n) is 4.55.